The van der Waals surface area contributed by atoms with Crippen molar-refractivity contribution in [3.8, 4) is 0 Å². The van der Waals surface area contributed by atoms with Crippen LogP contribution in [-0.2, 0) is 30.4 Å². The molecule has 1 aromatic rings. The summed E-state index contributed by atoms with van der Waals surface area (Å²) in [5, 5.41) is 34.4. The number of aliphatic hydroxyl groups excluding tert-OH is 1. The van der Waals surface area contributed by atoms with E-state index >= 15 is 0 Å². The minimum absolute atomic E-state index is 0.0190. The zero-order chi connectivity index (χ0) is 24.3. The molecule has 0 spiro atoms. The SMILES string of the molecule is CC(O)C(N)C(=O)NCC(=O)NC(CCC(=O)O)C(=O)NC(Cc1ccccc1)C(=O)O. The van der Waals surface area contributed by atoms with Crippen LogP contribution in [0, 0.1) is 0 Å². The van der Waals surface area contributed by atoms with Gasteiger partial charge in [-0.2, -0.15) is 0 Å². The molecule has 0 aromatic heterocycles. The average Bonchev–Trinajstić information content (AvgIpc) is 2.74. The predicted octanol–water partition coefficient (Wildman–Crippen LogP) is -2.03. The summed E-state index contributed by atoms with van der Waals surface area (Å²) in [6, 6.07) is 4.63. The highest BCUT2D eigenvalue weighted by molar-refractivity contribution is 5.92. The number of benzene rings is 1. The number of nitrogens with two attached hydrogens (primary N) is 1. The molecule has 0 saturated carbocycles. The van der Waals surface area contributed by atoms with Gasteiger partial charge in [0.15, 0.2) is 0 Å². The number of hydrogen-bond acceptors (Lipinski definition) is 7. The Morgan fingerprint density at radius 3 is 2.12 bits per heavy atom. The number of carbonyl (C=O) groups is 5. The highest BCUT2D eigenvalue weighted by atomic mass is 16.4. The lowest BCUT2D eigenvalue weighted by Crippen LogP contribution is -2.54. The van der Waals surface area contributed by atoms with E-state index in [4.69, 9.17) is 10.8 Å². The van der Waals surface area contributed by atoms with Crippen LogP contribution in [-0.4, -0.2) is 75.8 Å². The zero-order valence-electron chi connectivity index (χ0n) is 17.5. The number of aliphatic hydroxyl groups is 1. The molecule has 0 saturated heterocycles. The minimum atomic E-state index is -1.35. The first-order valence-electron chi connectivity index (χ1n) is 9.80. The second-order valence-electron chi connectivity index (χ2n) is 7.13. The average molecular weight is 452 g/mol. The zero-order valence-corrected chi connectivity index (χ0v) is 17.5. The van der Waals surface area contributed by atoms with Gasteiger partial charge in [-0.25, -0.2) is 4.79 Å². The van der Waals surface area contributed by atoms with Gasteiger partial charge in [-0.1, -0.05) is 30.3 Å². The molecule has 8 N–H and O–H groups in total. The van der Waals surface area contributed by atoms with Crippen molar-refractivity contribution in [2.75, 3.05) is 6.54 Å². The summed E-state index contributed by atoms with van der Waals surface area (Å²) in [7, 11) is 0. The Bertz CT molecular complexity index is 815. The van der Waals surface area contributed by atoms with Crippen LogP contribution in [0.25, 0.3) is 0 Å². The van der Waals surface area contributed by atoms with E-state index < -0.39 is 66.9 Å². The third kappa shape index (κ3) is 9.53. The Kier molecular flexibility index (Phi) is 10.8. The number of carbonyl (C=O) groups excluding carboxylic acids is 3. The number of nitrogens with one attached hydrogen (secondary N) is 3. The highest BCUT2D eigenvalue weighted by Crippen LogP contribution is 2.05. The Balaban J connectivity index is 2.79. The van der Waals surface area contributed by atoms with Crippen molar-refractivity contribution in [2.24, 2.45) is 5.73 Å². The van der Waals surface area contributed by atoms with Gasteiger partial charge in [-0.3, -0.25) is 19.2 Å². The molecule has 176 valence electrons. The van der Waals surface area contributed by atoms with E-state index in [1.165, 1.54) is 6.92 Å². The summed E-state index contributed by atoms with van der Waals surface area (Å²) >= 11 is 0. The molecule has 3 amide bonds. The summed E-state index contributed by atoms with van der Waals surface area (Å²) in [4.78, 5) is 58.9. The van der Waals surface area contributed by atoms with Gasteiger partial charge in [0.25, 0.3) is 0 Å². The van der Waals surface area contributed by atoms with Crippen molar-refractivity contribution < 1.29 is 39.3 Å². The second-order valence-corrected chi connectivity index (χ2v) is 7.13. The molecule has 4 atom stereocenters. The molecule has 0 fully saturated rings. The monoisotopic (exact) mass is 452 g/mol. The summed E-state index contributed by atoms with van der Waals surface area (Å²) < 4.78 is 0. The molecule has 0 bridgehead atoms. The van der Waals surface area contributed by atoms with Crippen molar-refractivity contribution in [2.45, 2.75) is 50.4 Å². The lowest BCUT2D eigenvalue weighted by molar-refractivity contribution is -0.143. The van der Waals surface area contributed by atoms with E-state index in [0.717, 1.165) is 0 Å². The standard InChI is InChI=1S/C20H28N4O8/c1-11(25)17(21)19(30)22-10-15(26)23-13(7-8-16(27)28)18(29)24-14(20(31)32)9-12-5-3-2-4-6-12/h2-6,11,13-14,17,25H,7-10,21H2,1H3,(H,22,30)(H,23,26)(H,24,29)(H,27,28)(H,31,32). The van der Waals surface area contributed by atoms with E-state index in [-0.39, 0.29) is 12.8 Å². The first kappa shape index (κ1) is 26.5. The lowest BCUT2D eigenvalue weighted by atomic mass is 10.0. The van der Waals surface area contributed by atoms with Gasteiger partial charge in [0, 0.05) is 12.8 Å². The Morgan fingerprint density at radius 2 is 1.59 bits per heavy atom. The quantitative estimate of drug-likeness (QED) is 0.176. The fourth-order valence-electron chi connectivity index (χ4n) is 2.61. The van der Waals surface area contributed by atoms with Gasteiger partial charge >= 0.3 is 11.9 Å². The van der Waals surface area contributed by atoms with Crippen LogP contribution in [0.2, 0.25) is 0 Å². The van der Waals surface area contributed by atoms with Crippen molar-refractivity contribution >= 4 is 29.7 Å². The van der Waals surface area contributed by atoms with Gasteiger partial charge in [0.2, 0.25) is 17.7 Å². The molecule has 32 heavy (non-hydrogen) atoms. The van der Waals surface area contributed by atoms with E-state index in [1.807, 2.05) is 0 Å². The van der Waals surface area contributed by atoms with Gasteiger partial charge in [-0.15, -0.1) is 0 Å². The topological polar surface area (TPSA) is 208 Å². The first-order chi connectivity index (χ1) is 15.0. The van der Waals surface area contributed by atoms with E-state index in [1.54, 1.807) is 30.3 Å². The van der Waals surface area contributed by atoms with Crippen LogP contribution in [0.1, 0.15) is 25.3 Å². The van der Waals surface area contributed by atoms with Crippen molar-refractivity contribution in [3.05, 3.63) is 35.9 Å². The normalized spacial score (nSPS) is 14.3. The maximum atomic E-state index is 12.6. The maximum absolute atomic E-state index is 12.6. The third-order valence-electron chi connectivity index (χ3n) is 4.44. The van der Waals surface area contributed by atoms with Gasteiger partial charge < -0.3 is 37.0 Å². The van der Waals surface area contributed by atoms with Crippen LogP contribution >= 0.6 is 0 Å². The van der Waals surface area contributed by atoms with Crippen LogP contribution in [0.15, 0.2) is 30.3 Å². The predicted molar refractivity (Wildman–Crippen MR) is 111 cm³/mol. The molecule has 12 nitrogen and oxygen atoms in total. The van der Waals surface area contributed by atoms with Crippen LogP contribution in [0.5, 0.6) is 0 Å². The molecule has 1 rings (SSSR count). The van der Waals surface area contributed by atoms with Crippen molar-refractivity contribution in [3.63, 3.8) is 0 Å². The smallest absolute Gasteiger partial charge is 0.326 e. The van der Waals surface area contributed by atoms with Crippen molar-refractivity contribution in [1.29, 1.82) is 0 Å². The second kappa shape index (κ2) is 13.0. The summed E-state index contributed by atoms with van der Waals surface area (Å²) in [6.07, 6.45) is -1.93. The van der Waals surface area contributed by atoms with Crippen LogP contribution < -0.4 is 21.7 Å². The Morgan fingerprint density at radius 1 is 0.969 bits per heavy atom. The largest absolute Gasteiger partial charge is 0.481 e. The van der Waals surface area contributed by atoms with Gasteiger partial charge in [0.05, 0.1) is 12.6 Å². The molecular formula is C20H28N4O8. The maximum Gasteiger partial charge on any atom is 0.326 e. The first-order valence-corrected chi connectivity index (χ1v) is 9.80. The lowest BCUT2D eigenvalue weighted by Gasteiger charge is -2.21. The molecule has 0 heterocycles. The fraction of sp³-hybridized carbons (Fsp3) is 0.450. The molecule has 0 radical (unpaired) electrons. The number of amides is 3. The fourth-order valence-corrected chi connectivity index (χ4v) is 2.61. The molecule has 12 heteroatoms. The number of rotatable bonds is 13. The van der Waals surface area contributed by atoms with E-state index in [0.29, 0.717) is 5.56 Å². The van der Waals surface area contributed by atoms with Gasteiger partial charge in [-0.05, 0) is 18.9 Å². The third-order valence-corrected chi connectivity index (χ3v) is 4.44. The number of carboxylic acid groups (broad SMARTS) is 2. The molecule has 0 aliphatic rings. The Hall–Kier alpha value is -3.51. The molecule has 1 aromatic carbocycles. The summed E-state index contributed by atoms with van der Waals surface area (Å²) in [6.45, 7) is 0.716. The molecule has 0 aliphatic heterocycles. The number of aliphatic carboxylic acids is 2. The molecule has 4 unspecified atom stereocenters. The number of carboxylic acids is 2. The van der Waals surface area contributed by atoms with E-state index in [2.05, 4.69) is 16.0 Å². The Labute approximate surface area is 184 Å². The van der Waals surface area contributed by atoms with Gasteiger partial charge in [0.1, 0.15) is 18.1 Å². The summed E-state index contributed by atoms with van der Waals surface area (Å²) in [5.41, 5.74) is 6.10. The highest BCUT2D eigenvalue weighted by Gasteiger charge is 2.27. The van der Waals surface area contributed by atoms with Crippen LogP contribution in [0.4, 0.5) is 0 Å². The minimum Gasteiger partial charge on any atom is -0.481 e. The summed E-state index contributed by atoms with van der Waals surface area (Å²) in [5.74, 6) is -5.01. The van der Waals surface area contributed by atoms with E-state index in [9.17, 15) is 34.2 Å². The molecular weight excluding hydrogens is 424 g/mol. The molecule has 0 aliphatic carbocycles. The van der Waals surface area contributed by atoms with Crippen molar-refractivity contribution in [1.82, 2.24) is 16.0 Å². The number of hydrogen-bond donors (Lipinski definition) is 7. The van der Waals surface area contributed by atoms with Crippen LogP contribution in [0.3, 0.4) is 0 Å².